The van der Waals surface area contributed by atoms with Crippen molar-refractivity contribution in [3.63, 3.8) is 0 Å². The number of hydrogen-bond donors (Lipinski definition) is 2. The van der Waals surface area contributed by atoms with Crippen molar-refractivity contribution in [3.8, 4) is 5.69 Å². The van der Waals surface area contributed by atoms with Crippen molar-refractivity contribution < 1.29 is 22.8 Å². The third-order valence-corrected chi connectivity index (χ3v) is 5.04. The number of rotatable bonds is 6. The zero-order valence-corrected chi connectivity index (χ0v) is 16.2. The van der Waals surface area contributed by atoms with Crippen molar-refractivity contribution >= 4 is 23.4 Å². The number of hydrogen-bond acceptors (Lipinski definition) is 3. The zero-order valence-electron chi connectivity index (χ0n) is 15.4. The molecule has 2 amide bonds. The van der Waals surface area contributed by atoms with Crippen LogP contribution in [0.5, 0.6) is 0 Å². The van der Waals surface area contributed by atoms with Crippen molar-refractivity contribution in [1.82, 2.24) is 20.4 Å². The molecule has 0 unspecified atom stereocenters. The first-order chi connectivity index (χ1) is 13.8. The topological polar surface area (TPSA) is 76.0 Å². The van der Waals surface area contributed by atoms with Crippen LogP contribution < -0.4 is 10.6 Å². The fourth-order valence-electron chi connectivity index (χ4n) is 3.35. The molecule has 156 valence electrons. The molecule has 1 fully saturated rings. The lowest BCUT2D eigenvalue weighted by atomic mass is 10.1. The zero-order chi connectivity index (χ0) is 21.0. The Kier molecular flexibility index (Phi) is 6.46. The second kappa shape index (κ2) is 8.86. The molecule has 10 heteroatoms. The summed E-state index contributed by atoms with van der Waals surface area (Å²) in [7, 11) is 0. The van der Waals surface area contributed by atoms with Gasteiger partial charge in [0.15, 0.2) is 5.69 Å². The number of nitrogens with zero attached hydrogens (tertiary/aromatic N) is 2. The summed E-state index contributed by atoms with van der Waals surface area (Å²) < 4.78 is 41.5. The highest BCUT2D eigenvalue weighted by atomic mass is 35.5. The van der Waals surface area contributed by atoms with Gasteiger partial charge in [-0.05, 0) is 37.1 Å². The standard InChI is InChI=1S/C19H20ClF3N4O2/c20-13-5-7-14(8-6-13)27-16(19(21,22)23)15(11-26-27)18(29)25-10-9-24-17(28)12-3-1-2-4-12/h5-8,11-12H,1-4,9-10H2,(H,24,28)(H,25,29). The Morgan fingerprint density at radius 3 is 2.34 bits per heavy atom. The summed E-state index contributed by atoms with van der Waals surface area (Å²) in [5.74, 6) is -1.00. The van der Waals surface area contributed by atoms with Gasteiger partial charge in [-0.1, -0.05) is 24.4 Å². The predicted octanol–water partition coefficient (Wildman–Crippen LogP) is 3.58. The van der Waals surface area contributed by atoms with Gasteiger partial charge in [0.2, 0.25) is 5.91 Å². The Morgan fingerprint density at radius 1 is 1.10 bits per heavy atom. The molecule has 2 N–H and O–H groups in total. The van der Waals surface area contributed by atoms with Gasteiger partial charge in [-0.3, -0.25) is 9.59 Å². The molecule has 0 bridgehead atoms. The van der Waals surface area contributed by atoms with Gasteiger partial charge in [0.05, 0.1) is 17.4 Å². The minimum atomic E-state index is -4.79. The van der Waals surface area contributed by atoms with Crippen molar-refractivity contribution in [2.45, 2.75) is 31.9 Å². The lowest BCUT2D eigenvalue weighted by Gasteiger charge is -2.13. The largest absolute Gasteiger partial charge is 0.434 e. The molecular formula is C19H20ClF3N4O2. The van der Waals surface area contributed by atoms with Crippen LogP contribution in [0.25, 0.3) is 5.69 Å². The molecule has 2 aromatic rings. The van der Waals surface area contributed by atoms with Crippen LogP contribution in [0.2, 0.25) is 5.02 Å². The van der Waals surface area contributed by atoms with Crippen LogP contribution in [0.4, 0.5) is 13.2 Å². The van der Waals surface area contributed by atoms with E-state index in [4.69, 9.17) is 11.6 Å². The summed E-state index contributed by atoms with van der Waals surface area (Å²) in [4.78, 5) is 24.2. The smallest absolute Gasteiger partial charge is 0.354 e. The number of nitrogens with one attached hydrogen (secondary N) is 2. The van der Waals surface area contributed by atoms with Crippen LogP contribution in [-0.2, 0) is 11.0 Å². The summed E-state index contributed by atoms with van der Waals surface area (Å²) in [6.45, 7) is 0.161. The first-order valence-electron chi connectivity index (χ1n) is 9.24. The highest BCUT2D eigenvalue weighted by molar-refractivity contribution is 6.30. The molecule has 0 aliphatic heterocycles. The number of aromatic nitrogens is 2. The van der Waals surface area contributed by atoms with Crippen LogP contribution in [0.15, 0.2) is 30.5 Å². The molecule has 1 aromatic heterocycles. The molecule has 1 aromatic carbocycles. The van der Waals surface area contributed by atoms with Crippen LogP contribution in [0, 0.1) is 5.92 Å². The van der Waals surface area contributed by atoms with Crippen molar-refractivity contribution in [1.29, 1.82) is 0 Å². The summed E-state index contributed by atoms with van der Waals surface area (Å²) in [5, 5.41) is 9.21. The third-order valence-electron chi connectivity index (χ3n) is 4.79. The summed E-state index contributed by atoms with van der Waals surface area (Å²) >= 11 is 5.77. The number of halogens is 4. The van der Waals surface area contributed by atoms with E-state index in [0.29, 0.717) is 9.70 Å². The number of carbonyl (C=O) groups is 2. The molecule has 1 heterocycles. The minimum Gasteiger partial charge on any atom is -0.354 e. The average molecular weight is 429 g/mol. The fraction of sp³-hybridized carbons (Fsp3) is 0.421. The van der Waals surface area contributed by atoms with Gasteiger partial charge in [-0.25, -0.2) is 4.68 Å². The van der Waals surface area contributed by atoms with Gasteiger partial charge in [0.1, 0.15) is 0 Å². The monoisotopic (exact) mass is 428 g/mol. The number of amides is 2. The van der Waals surface area contributed by atoms with Crippen LogP contribution in [0.1, 0.15) is 41.7 Å². The van der Waals surface area contributed by atoms with E-state index in [1.807, 2.05) is 0 Å². The quantitative estimate of drug-likeness (QED) is 0.690. The second-order valence-corrected chi connectivity index (χ2v) is 7.26. The lowest BCUT2D eigenvalue weighted by molar-refractivity contribution is -0.143. The Balaban J connectivity index is 1.67. The van der Waals surface area contributed by atoms with E-state index in [2.05, 4.69) is 15.7 Å². The Bertz CT molecular complexity index is 875. The van der Waals surface area contributed by atoms with Crippen LogP contribution in [-0.4, -0.2) is 34.7 Å². The molecule has 1 aliphatic rings. The Morgan fingerprint density at radius 2 is 1.72 bits per heavy atom. The SMILES string of the molecule is O=C(NCCNC(=O)C1CCCC1)c1cnn(-c2ccc(Cl)cc2)c1C(F)(F)F. The van der Waals surface area contributed by atoms with E-state index in [1.54, 1.807) is 0 Å². The Labute approximate surface area is 170 Å². The molecule has 0 saturated heterocycles. The number of alkyl halides is 3. The van der Waals surface area contributed by atoms with Gasteiger partial charge in [0.25, 0.3) is 5.91 Å². The molecular weight excluding hydrogens is 409 g/mol. The molecule has 0 atom stereocenters. The molecule has 29 heavy (non-hydrogen) atoms. The van der Waals surface area contributed by atoms with Gasteiger partial charge in [-0.15, -0.1) is 0 Å². The van der Waals surface area contributed by atoms with Crippen molar-refractivity contribution in [2.24, 2.45) is 5.92 Å². The average Bonchev–Trinajstić information content (AvgIpc) is 3.35. The van der Waals surface area contributed by atoms with E-state index in [1.165, 1.54) is 24.3 Å². The normalized spacial score (nSPS) is 14.8. The highest BCUT2D eigenvalue weighted by Gasteiger charge is 2.40. The maximum Gasteiger partial charge on any atom is 0.434 e. The fourth-order valence-corrected chi connectivity index (χ4v) is 3.48. The predicted molar refractivity (Wildman–Crippen MR) is 101 cm³/mol. The van der Waals surface area contributed by atoms with E-state index >= 15 is 0 Å². The summed E-state index contributed by atoms with van der Waals surface area (Å²) in [6, 6.07) is 5.63. The molecule has 6 nitrogen and oxygen atoms in total. The van der Waals surface area contributed by atoms with Gasteiger partial charge >= 0.3 is 6.18 Å². The molecule has 3 rings (SSSR count). The molecule has 1 saturated carbocycles. The van der Waals surface area contributed by atoms with E-state index < -0.39 is 23.3 Å². The molecule has 0 radical (unpaired) electrons. The van der Waals surface area contributed by atoms with Crippen molar-refractivity contribution in [3.05, 3.63) is 46.7 Å². The van der Waals surface area contributed by atoms with Crippen LogP contribution in [0.3, 0.4) is 0 Å². The molecule has 0 spiro atoms. The summed E-state index contributed by atoms with van der Waals surface area (Å²) in [5.41, 5.74) is -1.63. The van der Waals surface area contributed by atoms with E-state index in [9.17, 15) is 22.8 Å². The highest BCUT2D eigenvalue weighted by Crippen LogP contribution is 2.33. The Hall–Kier alpha value is -2.55. The number of carbonyl (C=O) groups excluding carboxylic acids is 2. The van der Waals surface area contributed by atoms with Gasteiger partial charge < -0.3 is 10.6 Å². The lowest BCUT2D eigenvalue weighted by Crippen LogP contribution is -2.37. The first-order valence-corrected chi connectivity index (χ1v) is 9.62. The van der Waals surface area contributed by atoms with E-state index in [-0.39, 0.29) is 30.6 Å². The molecule has 1 aliphatic carbocycles. The van der Waals surface area contributed by atoms with Crippen LogP contribution >= 0.6 is 11.6 Å². The second-order valence-electron chi connectivity index (χ2n) is 6.82. The number of benzene rings is 1. The van der Waals surface area contributed by atoms with Crippen molar-refractivity contribution in [2.75, 3.05) is 13.1 Å². The minimum absolute atomic E-state index is 0.0138. The van der Waals surface area contributed by atoms with E-state index in [0.717, 1.165) is 31.9 Å². The van der Waals surface area contributed by atoms with Gasteiger partial charge in [0, 0.05) is 24.0 Å². The van der Waals surface area contributed by atoms with Gasteiger partial charge in [-0.2, -0.15) is 18.3 Å². The maximum absolute atomic E-state index is 13.6. The first kappa shape index (κ1) is 21.2. The summed E-state index contributed by atoms with van der Waals surface area (Å²) in [6.07, 6.45) is -0.184. The third kappa shape index (κ3) is 5.09. The maximum atomic E-state index is 13.6.